The molecule has 0 unspecified atom stereocenters. The number of hydrogen-bond donors (Lipinski definition) is 1. The van der Waals surface area contributed by atoms with Gasteiger partial charge in [0.25, 0.3) is 5.91 Å². The molecule has 2 rings (SSSR count). The first-order valence-corrected chi connectivity index (χ1v) is 8.67. The van der Waals surface area contributed by atoms with Crippen LogP contribution in [0.15, 0.2) is 36.4 Å². The van der Waals surface area contributed by atoms with Gasteiger partial charge in [-0.05, 0) is 36.2 Å². The molecule has 2 amide bonds. The highest BCUT2D eigenvalue weighted by molar-refractivity contribution is 6.42. The molecule has 0 fully saturated rings. The lowest BCUT2D eigenvalue weighted by atomic mass is 10.1. The molecule has 25 heavy (non-hydrogen) atoms. The number of rotatable bonds is 5. The number of benzene rings is 2. The van der Waals surface area contributed by atoms with Gasteiger partial charge in [0.05, 0.1) is 20.6 Å². The zero-order chi connectivity index (χ0) is 18.6. The Morgan fingerprint density at radius 2 is 1.76 bits per heavy atom. The molecule has 132 valence electrons. The van der Waals surface area contributed by atoms with Crippen molar-refractivity contribution in [1.29, 1.82) is 0 Å². The highest BCUT2D eigenvalue weighted by atomic mass is 35.5. The van der Waals surface area contributed by atoms with Crippen LogP contribution in [0.1, 0.15) is 22.3 Å². The van der Waals surface area contributed by atoms with Gasteiger partial charge in [0.15, 0.2) is 0 Å². The Kier molecular flexibility index (Phi) is 6.71. The minimum atomic E-state index is -0.230. The molecule has 0 bridgehead atoms. The van der Waals surface area contributed by atoms with E-state index >= 15 is 0 Å². The minimum Gasteiger partial charge on any atom is -0.345 e. The number of carbonyl (C=O) groups is 2. The molecule has 2 aromatic rings. The van der Waals surface area contributed by atoms with Crippen molar-refractivity contribution in [2.75, 3.05) is 19.4 Å². The van der Waals surface area contributed by atoms with E-state index in [0.717, 1.165) is 5.56 Å². The normalized spacial score (nSPS) is 10.4. The van der Waals surface area contributed by atoms with Crippen molar-refractivity contribution in [3.8, 4) is 0 Å². The summed E-state index contributed by atoms with van der Waals surface area (Å²) in [4.78, 5) is 25.7. The molecule has 0 aliphatic carbocycles. The van der Waals surface area contributed by atoms with Gasteiger partial charge in [0.1, 0.15) is 0 Å². The van der Waals surface area contributed by atoms with Gasteiger partial charge >= 0.3 is 0 Å². The van der Waals surface area contributed by atoms with Crippen LogP contribution in [0.3, 0.4) is 0 Å². The first kappa shape index (κ1) is 19.6. The van der Waals surface area contributed by atoms with Gasteiger partial charge in [-0.3, -0.25) is 9.59 Å². The van der Waals surface area contributed by atoms with E-state index in [0.29, 0.717) is 32.7 Å². The maximum absolute atomic E-state index is 12.2. The van der Waals surface area contributed by atoms with Crippen LogP contribution in [0.2, 0.25) is 15.1 Å². The molecule has 4 nitrogen and oxygen atoms in total. The largest absolute Gasteiger partial charge is 0.345 e. The molecule has 0 aliphatic rings. The van der Waals surface area contributed by atoms with Gasteiger partial charge < -0.3 is 10.2 Å². The molecule has 0 atom stereocenters. The summed E-state index contributed by atoms with van der Waals surface area (Å²) in [6, 6.07) is 10.1. The summed E-state index contributed by atoms with van der Waals surface area (Å²) in [6.45, 7) is 0. The summed E-state index contributed by atoms with van der Waals surface area (Å²) in [5.74, 6) is -0.423. The molecule has 0 aliphatic heterocycles. The minimum absolute atomic E-state index is 0.193. The van der Waals surface area contributed by atoms with Crippen LogP contribution in [-0.4, -0.2) is 30.8 Å². The Bertz CT molecular complexity index is 807. The van der Waals surface area contributed by atoms with Gasteiger partial charge in [-0.2, -0.15) is 0 Å². The molecule has 0 heterocycles. The van der Waals surface area contributed by atoms with E-state index in [1.54, 1.807) is 44.4 Å². The predicted octanol–water partition coefficient (Wildman–Crippen LogP) is 4.92. The number of amides is 2. The molecule has 0 radical (unpaired) electrons. The van der Waals surface area contributed by atoms with Crippen LogP contribution in [0.25, 0.3) is 0 Å². The van der Waals surface area contributed by atoms with E-state index in [-0.39, 0.29) is 18.2 Å². The highest BCUT2D eigenvalue weighted by Gasteiger charge is 2.14. The fourth-order valence-electron chi connectivity index (χ4n) is 2.22. The first-order chi connectivity index (χ1) is 11.8. The molecule has 1 N–H and O–H groups in total. The molecule has 0 spiro atoms. The number of nitrogens with zero attached hydrogens (tertiary/aromatic N) is 1. The van der Waals surface area contributed by atoms with E-state index in [4.69, 9.17) is 34.8 Å². The van der Waals surface area contributed by atoms with Crippen LogP contribution in [0.4, 0.5) is 5.69 Å². The van der Waals surface area contributed by atoms with Crippen molar-refractivity contribution in [3.63, 3.8) is 0 Å². The average Bonchev–Trinajstić information content (AvgIpc) is 2.57. The Balaban J connectivity index is 2.04. The SMILES string of the molecule is CN(C)C(=O)c1cc(NC(=O)CCc2cccc(Cl)c2Cl)ccc1Cl. The summed E-state index contributed by atoms with van der Waals surface area (Å²) in [5, 5.41) is 4.02. The highest BCUT2D eigenvalue weighted by Crippen LogP contribution is 2.26. The number of anilines is 1. The van der Waals surface area contributed by atoms with E-state index in [2.05, 4.69) is 5.32 Å². The van der Waals surface area contributed by atoms with Crippen LogP contribution in [-0.2, 0) is 11.2 Å². The van der Waals surface area contributed by atoms with Gasteiger partial charge in [-0.15, -0.1) is 0 Å². The molecule has 0 saturated carbocycles. The van der Waals surface area contributed by atoms with Crippen molar-refractivity contribution in [2.45, 2.75) is 12.8 Å². The van der Waals surface area contributed by atoms with Crippen molar-refractivity contribution in [3.05, 3.63) is 62.6 Å². The van der Waals surface area contributed by atoms with Gasteiger partial charge in [-0.1, -0.05) is 46.9 Å². The molecular weight excluding hydrogens is 383 g/mol. The lowest BCUT2D eigenvalue weighted by molar-refractivity contribution is -0.116. The van der Waals surface area contributed by atoms with Crippen LogP contribution >= 0.6 is 34.8 Å². The fourth-order valence-corrected chi connectivity index (χ4v) is 2.83. The quantitative estimate of drug-likeness (QED) is 0.776. The first-order valence-electron chi connectivity index (χ1n) is 7.53. The average molecular weight is 400 g/mol. The predicted molar refractivity (Wildman–Crippen MR) is 103 cm³/mol. The Labute approximate surface area is 161 Å². The molecular formula is C18H17Cl3N2O2. The van der Waals surface area contributed by atoms with Crippen molar-refractivity contribution < 1.29 is 9.59 Å². The lowest BCUT2D eigenvalue weighted by Gasteiger charge is -2.13. The monoisotopic (exact) mass is 398 g/mol. The number of aryl methyl sites for hydroxylation is 1. The molecule has 0 aromatic heterocycles. The number of hydrogen-bond acceptors (Lipinski definition) is 2. The van der Waals surface area contributed by atoms with Crippen molar-refractivity contribution >= 4 is 52.3 Å². The van der Waals surface area contributed by atoms with Gasteiger partial charge in [-0.25, -0.2) is 0 Å². The third kappa shape index (κ3) is 5.11. The third-order valence-electron chi connectivity index (χ3n) is 3.54. The maximum atomic E-state index is 12.2. The third-order valence-corrected chi connectivity index (χ3v) is 4.73. The van der Waals surface area contributed by atoms with E-state index in [9.17, 15) is 9.59 Å². The van der Waals surface area contributed by atoms with E-state index in [1.807, 2.05) is 6.07 Å². The maximum Gasteiger partial charge on any atom is 0.254 e. The molecule has 7 heteroatoms. The Hall–Kier alpha value is -1.75. The van der Waals surface area contributed by atoms with E-state index in [1.165, 1.54) is 4.90 Å². The smallest absolute Gasteiger partial charge is 0.254 e. The Morgan fingerprint density at radius 3 is 2.44 bits per heavy atom. The van der Waals surface area contributed by atoms with Crippen molar-refractivity contribution in [2.24, 2.45) is 0 Å². The number of halogens is 3. The summed E-state index contributed by atoms with van der Waals surface area (Å²) in [6.07, 6.45) is 0.696. The molecule has 0 saturated heterocycles. The summed E-state index contributed by atoms with van der Waals surface area (Å²) >= 11 is 18.1. The number of carbonyl (C=O) groups excluding carboxylic acids is 2. The summed E-state index contributed by atoms with van der Waals surface area (Å²) < 4.78 is 0. The van der Waals surface area contributed by atoms with Gasteiger partial charge in [0.2, 0.25) is 5.91 Å². The van der Waals surface area contributed by atoms with Crippen LogP contribution in [0, 0.1) is 0 Å². The summed E-state index contributed by atoms with van der Waals surface area (Å²) in [5.41, 5.74) is 1.66. The zero-order valence-corrected chi connectivity index (χ0v) is 16.0. The standard InChI is InChI=1S/C18H17Cl3N2O2/c1-23(2)18(25)13-10-12(7-8-14(13)19)22-16(24)9-6-11-4-3-5-15(20)17(11)21/h3-5,7-8,10H,6,9H2,1-2H3,(H,22,24). The van der Waals surface area contributed by atoms with Crippen LogP contribution in [0.5, 0.6) is 0 Å². The lowest BCUT2D eigenvalue weighted by Crippen LogP contribution is -2.22. The Morgan fingerprint density at radius 1 is 1.04 bits per heavy atom. The summed E-state index contributed by atoms with van der Waals surface area (Å²) in [7, 11) is 3.28. The zero-order valence-electron chi connectivity index (χ0n) is 13.8. The van der Waals surface area contributed by atoms with Gasteiger partial charge in [0, 0.05) is 26.2 Å². The van der Waals surface area contributed by atoms with Crippen LogP contribution < -0.4 is 5.32 Å². The molecule has 2 aromatic carbocycles. The second-order valence-electron chi connectivity index (χ2n) is 5.66. The second-order valence-corrected chi connectivity index (χ2v) is 6.85. The van der Waals surface area contributed by atoms with Crippen molar-refractivity contribution in [1.82, 2.24) is 4.90 Å². The fraction of sp³-hybridized carbons (Fsp3) is 0.222. The topological polar surface area (TPSA) is 49.4 Å². The van der Waals surface area contributed by atoms with E-state index < -0.39 is 0 Å². The number of nitrogens with one attached hydrogen (secondary N) is 1. The second kappa shape index (κ2) is 8.56.